The Hall–Kier alpha value is -2.98. The van der Waals surface area contributed by atoms with E-state index in [1.54, 1.807) is 13.8 Å². The van der Waals surface area contributed by atoms with Gasteiger partial charge in [-0.3, -0.25) is 24.0 Å². The van der Waals surface area contributed by atoms with Crippen LogP contribution in [0.5, 0.6) is 0 Å². The summed E-state index contributed by atoms with van der Waals surface area (Å²) in [6, 6.07) is -3.53. The van der Waals surface area contributed by atoms with E-state index in [-0.39, 0.29) is 19.1 Å². The fraction of sp³-hybridized carbons (Fsp3) is 0.625. The molecule has 3 atom stereocenters. The monoisotopic (exact) mass is 387 g/mol. The number of carbonyl (C=O) groups is 6. The Labute approximate surface area is 155 Å². The zero-order valence-corrected chi connectivity index (χ0v) is 15.4. The van der Waals surface area contributed by atoms with Crippen LogP contribution in [0, 0.1) is 5.92 Å². The third-order valence-electron chi connectivity index (χ3n) is 3.47. The standard InChI is InChI=1S/C16H25N3O8/c1-8(2)14(16(27)18-10(7-20)6-13(24)25)19-15(26)11(17-9(3)21)4-5-12(22)23/h7-8,10-11,14H,4-6H2,1-3H3,(H,17,21)(H,18,27)(H,19,26)(H,22,23)(H,24,25)/t10-,11-,14-/m0/s1. The normalized spacial score (nSPS) is 13.8. The van der Waals surface area contributed by atoms with E-state index in [0.717, 1.165) is 6.92 Å². The third kappa shape index (κ3) is 9.92. The molecule has 0 bridgehead atoms. The fourth-order valence-corrected chi connectivity index (χ4v) is 2.16. The van der Waals surface area contributed by atoms with Crippen molar-refractivity contribution in [3.05, 3.63) is 0 Å². The van der Waals surface area contributed by atoms with Gasteiger partial charge in [0.15, 0.2) is 0 Å². The molecule has 0 fully saturated rings. The van der Waals surface area contributed by atoms with Crippen LogP contribution in [0.15, 0.2) is 0 Å². The topological polar surface area (TPSA) is 179 Å². The van der Waals surface area contributed by atoms with Crippen molar-refractivity contribution in [3.8, 4) is 0 Å². The molecule has 0 heterocycles. The highest BCUT2D eigenvalue weighted by Gasteiger charge is 2.30. The van der Waals surface area contributed by atoms with E-state index in [0.29, 0.717) is 0 Å². The zero-order valence-electron chi connectivity index (χ0n) is 15.4. The lowest BCUT2D eigenvalue weighted by molar-refractivity contribution is -0.140. The molecule has 0 aliphatic heterocycles. The summed E-state index contributed by atoms with van der Waals surface area (Å²) in [5.74, 6) is -4.94. The summed E-state index contributed by atoms with van der Waals surface area (Å²) in [6.07, 6.45) is -0.884. The SMILES string of the molecule is CC(=O)N[C@@H](CCC(=O)O)C(=O)N[C@H](C(=O)N[C@H](C=O)CC(=O)O)C(C)C. The van der Waals surface area contributed by atoms with Gasteiger partial charge in [0.05, 0.1) is 12.5 Å². The maximum Gasteiger partial charge on any atom is 0.305 e. The van der Waals surface area contributed by atoms with Crippen molar-refractivity contribution in [2.75, 3.05) is 0 Å². The Morgan fingerprint density at radius 2 is 1.52 bits per heavy atom. The first-order valence-electron chi connectivity index (χ1n) is 8.24. The number of hydrogen-bond donors (Lipinski definition) is 5. The predicted octanol–water partition coefficient (Wildman–Crippen LogP) is -1.34. The number of aliphatic carboxylic acids is 2. The summed E-state index contributed by atoms with van der Waals surface area (Å²) in [6.45, 7) is 4.39. The van der Waals surface area contributed by atoms with Crippen LogP contribution in [0.25, 0.3) is 0 Å². The molecule has 0 radical (unpaired) electrons. The molecular formula is C16H25N3O8. The van der Waals surface area contributed by atoms with E-state index in [9.17, 15) is 28.8 Å². The largest absolute Gasteiger partial charge is 0.481 e. The third-order valence-corrected chi connectivity index (χ3v) is 3.47. The van der Waals surface area contributed by atoms with E-state index in [1.807, 2.05) is 0 Å². The lowest BCUT2D eigenvalue weighted by atomic mass is 10.0. The van der Waals surface area contributed by atoms with Crippen molar-refractivity contribution in [2.24, 2.45) is 5.92 Å². The Balaban J connectivity index is 5.16. The second-order valence-corrected chi connectivity index (χ2v) is 6.26. The fourth-order valence-electron chi connectivity index (χ4n) is 2.16. The van der Waals surface area contributed by atoms with Crippen molar-refractivity contribution in [2.45, 2.75) is 58.2 Å². The Morgan fingerprint density at radius 1 is 0.926 bits per heavy atom. The highest BCUT2D eigenvalue weighted by Crippen LogP contribution is 2.06. The number of amides is 3. The number of rotatable bonds is 12. The molecule has 0 aromatic carbocycles. The lowest BCUT2D eigenvalue weighted by Gasteiger charge is -2.25. The molecule has 0 aromatic heterocycles. The van der Waals surface area contributed by atoms with Crippen LogP contribution in [0.3, 0.4) is 0 Å². The van der Waals surface area contributed by atoms with Gasteiger partial charge < -0.3 is 31.0 Å². The van der Waals surface area contributed by atoms with Crippen LogP contribution in [0.1, 0.15) is 40.0 Å². The molecule has 27 heavy (non-hydrogen) atoms. The first-order chi connectivity index (χ1) is 12.5. The van der Waals surface area contributed by atoms with Crippen molar-refractivity contribution >= 4 is 35.9 Å². The minimum absolute atomic E-state index is 0.177. The van der Waals surface area contributed by atoms with Gasteiger partial charge in [-0.25, -0.2) is 0 Å². The van der Waals surface area contributed by atoms with E-state index in [1.165, 1.54) is 0 Å². The minimum Gasteiger partial charge on any atom is -0.481 e. The number of aldehydes is 1. The van der Waals surface area contributed by atoms with Gasteiger partial charge in [-0.15, -0.1) is 0 Å². The van der Waals surface area contributed by atoms with Crippen LogP contribution in [0.4, 0.5) is 0 Å². The average Bonchev–Trinajstić information content (AvgIpc) is 2.53. The smallest absolute Gasteiger partial charge is 0.305 e. The zero-order chi connectivity index (χ0) is 21.1. The van der Waals surface area contributed by atoms with Gasteiger partial charge in [0.1, 0.15) is 18.4 Å². The molecule has 11 nitrogen and oxygen atoms in total. The first-order valence-corrected chi connectivity index (χ1v) is 8.24. The van der Waals surface area contributed by atoms with Crippen molar-refractivity contribution in [1.29, 1.82) is 0 Å². The summed E-state index contributed by atoms with van der Waals surface area (Å²) in [7, 11) is 0. The van der Waals surface area contributed by atoms with Gasteiger partial charge in [0.2, 0.25) is 17.7 Å². The van der Waals surface area contributed by atoms with Crippen molar-refractivity contribution in [3.63, 3.8) is 0 Å². The molecule has 0 aliphatic rings. The highest BCUT2D eigenvalue weighted by atomic mass is 16.4. The summed E-state index contributed by atoms with van der Waals surface area (Å²) < 4.78 is 0. The molecule has 11 heteroatoms. The van der Waals surface area contributed by atoms with Gasteiger partial charge in [0, 0.05) is 13.3 Å². The van der Waals surface area contributed by atoms with E-state index in [4.69, 9.17) is 10.2 Å². The van der Waals surface area contributed by atoms with Crippen LogP contribution in [-0.4, -0.2) is 64.3 Å². The van der Waals surface area contributed by atoms with Crippen molar-refractivity contribution in [1.82, 2.24) is 16.0 Å². The van der Waals surface area contributed by atoms with Crippen LogP contribution >= 0.6 is 0 Å². The number of carboxylic acid groups (broad SMARTS) is 2. The quantitative estimate of drug-likeness (QED) is 0.255. The van der Waals surface area contributed by atoms with Gasteiger partial charge in [-0.2, -0.15) is 0 Å². The maximum absolute atomic E-state index is 12.4. The predicted molar refractivity (Wildman–Crippen MR) is 91.5 cm³/mol. The number of hydrogen-bond acceptors (Lipinski definition) is 6. The van der Waals surface area contributed by atoms with Gasteiger partial charge in [0.25, 0.3) is 0 Å². The average molecular weight is 387 g/mol. The van der Waals surface area contributed by atoms with Crippen LogP contribution in [0.2, 0.25) is 0 Å². The minimum atomic E-state index is -1.28. The molecular weight excluding hydrogens is 362 g/mol. The van der Waals surface area contributed by atoms with Crippen LogP contribution in [-0.2, 0) is 28.8 Å². The Kier molecular flexibility index (Phi) is 10.3. The second kappa shape index (κ2) is 11.6. The summed E-state index contributed by atoms with van der Waals surface area (Å²) in [5, 5.41) is 24.4. The summed E-state index contributed by atoms with van der Waals surface area (Å²) >= 11 is 0. The molecule has 0 aliphatic carbocycles. The molecule has 0 rings (SSSR count). The van der Waals surface area contributed by atoms with Gasteiger partial charge in [-0.05, 0) is 12.3 Å². The highest BCUT2D eigenvalue weighted by molar-refractivity contribution is 5.93. The molecule has 0 spiro atoms. The molecule has 0 aromatic rings. The maximum atomic E-state index is 12.4. The van der Waals surface area contributed by atoms with E-state index >= 15 is 0 Å². The van der Waals surface area contributed by atoms with E-state index < -0.39 is 60.1 Å². The van der Waals surface area contributed by atoms with E-state index in [2.05, 4.69) is 16.0 Å². The Bertz CT molecular complexity index is 590. The van der Waals surface area contributed by atoms with Crippen LogP contribution < -0.4 is 16.0 Å². The summed E-state index contributed by atoms with van der Waals surface area (Å²) in [5.41, 5.74) is 0. The summed E-state index contributed by atoms with van der Waals surface area (Å²) in [4.78, 5) is 68.2. The number of carboxylic acids is 2. The van der Waals surface area contributed by atoms with Crippen molar-refractivity contribution < 1.29 is 39.0 Å². The molecule has 0 unspecified atom stereocenters. The molecule has 3 amide bonds. The molecule has 0 saturated carbocycles. The molecule has 5 N–H and O–H groups in total. The van der Waals surface area contributed by atoms with Gasteiger partial charge >= 0.3 is 11.9 Å². The molecule has 152 valence electrons. The Morgan fingerprint density at radius 3 is 1.93 bits per heavy atom. The second-order valence-electron chi connectivity index (χ2n) is 6.26. The molecule has 0 saturated heterocycles. The lowest BCUT2D eigenvalue weighted by Crippen LogP contribution is -2.56. The number of nitrogens with one attached hydrogen (secondary N) is 3. The van der Waals surface area contributed by atoms with Gasteiger partial charge in [-0.1, -0.05) is 13.8 Å². The first kappa shape index (κ1) is 24.0. The number of carbonyl (C=O) groups excluding carboxylic acids is 4.